The minimum atomic E-state index is -0.309. The van der Waals surface area contributed by atoms with Crippen LogP contribution in [0, 0.1) is 10.1 Å². The third kappa shape index (κ3) is 3.42. The lowest BCUT2D eigenvalue weighted by atomic mass is 10.1. The first-order valence-electron chi connectivity index (χ1n) is 6.52. The Balaban J connectivity index is 2.24. The standard InChI is InChI=1S/C13H19N3O3/c14-5-1-2-11-3-4-12(13(10-11)16(17)18)15-6-8-19-9-7-15/h3-4,10H,1-2,5-9,14H2. The Kier molecular flexibility index (Phi) is 4.70. The average Bonchev–Trinajstić information content (AvgIpc) is 2.45. The molecule has 1 aromatic carbocycles. The van der Waals surface area contributed by atoms with Gasteiger partial charge in [-0.05, 0) is 31.0 Å². The Hall–Kier alpha value is -1.66. The van der Waals surface area contributed by atoms with Crippen LogP contribution in [0.4, 0.5) is 11.4 Å². The molecule has 0 atom stereocenters. The number of rotatable bonds is 5. The highest BCUT2D eigenvalue weighted by Gasteiger charge is 2.21. The summed E-state index contributed by atoms with van der Waals surface area (Å²) in [6.45, 7) is 3.23. The second-order valence-electron chi connectivity index (χ2n) is 4.57. The molecule has 2 rings (SSSR count). The molecule has 0 aromatic heterocycles. The van der Waals surface area contributed by atoms with Crippen molar-refractivity contribution in [2.45, 2.75) is 12.8 Å². The van der Waals surface area contributed by atoms with Gasteiger partial charge in [0.2, 0.25) is 0 Å². The number of benzene rings is 1. The summed E-state index contributed by atoms with van der Waals surface area (Å²) in [6.07, 6.45) is 1.62. The SMILES string of the molecule is NCCCc1ccc(N2CCOCC2)c([N+](=O)[O-])c1. The molecule has 1 saturated heterocycles. The second-order valence-corrected chi connectivity index (χ2v) is 4.57. The number of ether oxygens (including phenoxy) is 1. The van der Waals surface area contributed by atoms with Gasteiger partial charge in [-0.25, -0.2) is 0 Å². The van der Waals surface area contributed by atoms with Crippen LogP contribution in [0.15, 0.2) is 18.2 Å². The smallest absolute Gasteiger partial charge is 0.292 e. The number of nitrogens with zero attached hydrogens (tertiary/aromatic N) is 2. The molecule has 1 aliphatic heterocycles. The predicted octanol–water partition coefficient (Wildman–Crippen LogP) is 1.32. The predicted molar refractivity (Wildman–Crippen MR) is 73.5 cm³/mol. The number of nitrogens with two attached hydrogens (primary N) is 1. The largest absolute Gasteiger partial charge is 0.378 e. The van der Waals surface area contributed by atoms with E-state index >= 15 is 0 Å². The highest BCUT2D eigenvalue weighted by atomic mass is 16.6. The van der Waals surface area contributed by atoms with Gasteiger partial charge >= 0.3 is 0 Å². The molecule has 0 saturated carbocycles. The Morgan fingerprint density at radius 1 is 1.37 bits per heavy atom. The van der Waals surface area contributed by atoms with E-state index in [1.54, 1.807) is 6.07 Å². The van der Waals surface area contributed by atoms with Crippen molar-refractivity contribution in [1.29, 1.82) is 0 Å². The van der Waals surface area contributed by atoms with Gasteiger partial charge in [0.15, 0.2) is 0 Å². The summed E-state index contributed by atoms with van der Waals surface area (Å²) >= 11 is 0. The summed E-state index contributed by atoms with van der Waals surface area (Å²) in [6, 6.07) is 5.46. The molecule has 19 heavy (non-hydrogen) atoms. The van der Waals surface area contributed by atoms with Gasteiger partial charge in [-0.15, -0.1) is 0 Å². The molecular formula is C13H19N3O3. The van der Waals surface area contributed by atoms with E-state index in [0.717, 1.165) is 18.4 Å². The molecule has 6 heteroatoms. The maximum atomic E-state index is 11.2. The van der Waals surface area contributed by atoms with E-state index < -0.39 is 0 Å². The van der Waals surface area contributed by atoms with Gasteiger partial charge in [-0.3, -0.25) is 10.1 Å². The van der Waals surface area contributed by atoms with Gasteiger partial charge in [0.1, 0.15) is 5.69 Å². The van der Waals surface area contributed by atoms with E-state index in [2.05, 4.69) is 0 Å². The van der Waals surface area contributed by atoms with Crippen molar-refractivity contribution in [3.8, 4) is 0 Å². The zero-order chi connectivity index (χ0) is 13.7. The monoisotopic (exact) mass is 265 g/mol. The third-order valence-electron chi connectivity index (χ3n) is 3.26. The first-order valence-corrected chi connectivity index (χ1v) is 6.52. The van der Waals surface area contributed by atoms with Crippen molar-refractivity contribution < 1.29 is 9.66 Å². The van der Waals surface area contributed by atoms with E-state index in [-0.39, 0.29) is 10.6 Å². The fourth-order valence-electron chi connectivity index (χ4n) is 2.25. The summed E-state index contributed by atoms with van der Waals surface area (Å²) in [7, 11) is 0. The van der Waals surface area contributed by atoms with Crippen LogP contribution in [-0.4, -0.2) is 37.8 Å². The highest BCUT2D eigenvalue weighted by molar-refractivity contribution is 5.64. The van der Waals surface area contributed by atoms with E-state index in [1.807, 2.05) is 17.0 Å². The lowest BCUT2D eigenvalue weighted by molar-refractivity contribution is -0.384. The minimum Gasteiger partial charge on any atom is -0.378 e. The van der Waals surface area contributed by atoms with Crippen LogP contribution in [0.5, 0.6) is 0 Å². The summed E-state index contributed by atoms with van der Waals surface area (Å²) in [4.78, 5) is 12.9. The molecule has 0 spiro atoms. The summed E-state index contributed by atoms with van der Waals surface area (Å²) in [5, 5.41) is 11.2. The fourth-order valence-corrected chi connectivity index (χ4v) is 2.25. The van der Waals surface area contributed by atoms with Crippen molar-refractivity contribution in [2.75, 3.05) is 37.7 Å². The van der Waals surface area contributed by atoms with Crippen LogP contribution >= 0.6 is 0 Å². The van der Waals surface area contributed by atoms with Gasteiger partial charge in [-0.2, -0.15) is 0 Å². The van der Waals surface area contributed by atoms with Crippen molar-refractivity contribution in [3.05, 3.63) is 33.9 Å². The van der Waals surface area contributed by atoms with E-state index in [4.69, 9.17) is 10.5 Å². The molecule has 1 fully saturated rings. The van der Waals surface area contributed by atoms with Gasteiger partial charge < -0.3 is 15.4 Å². The molecule has 0 amide bonds. The average molecular weight is 265 g/mol. The molecule has 0 unspecified atom stereocenters. The lowest BCUT2D eigenvalue weighted by Crippen LogP contribution is -2.36. The molecule has 104 valence electrons. The molecule has 1 aromatic rings. The molecule has 0 aliphatic carbocycles. The lowest BCUT2D eigenvalue weighted by Gasteiger charge is -2.28. The van der Waals surface area contributed by atoms with Crippen molar-refractivity contribution >= 4 is 11.4 Å². The minimum absolute atomic E-state index is 0.177. The van der Waals surface area contributed by atoms with Gasteiger partial charge in [-0.1, -0.05) is 6.07 Å². The Labute approximate surface area is 112 Å². The van der Waals surface area contributed by atoms with Gasteiger partial charge in [0, 0.05) is 19.2 Å². The Morgan fingerprint density at radius 2 is 2.11 bits per heavy atom. The zero-order valence-electron chi connectivity index (χ0n) is 10.9. The van der Waals surface area contributed by atoms with Gasteiger partial charge in [0.05, 0.1) is 18.1 Å². The zero-order valence-corrected chi connectivity index (χ0v) is 10.9. The fraction of sp³-hybridized carbons (Fsp3) is 0.538. The number of nitro benzene ring substituents is 1. The molecular weight excluding hydrogens is 246 g/mol. The second kappa shape index (κ2) is 6.49. The molecule has 6 nitrogen and oxygen atoms in total. The van der Waals surface area contributed by atoms with E-state index in [0.29, 0.717) is 38.5 Å². The maximum absolute atomic E-state index is 11.2. The summed E-state index contributed by atoms with van der Waals surface area (Å²) in [5.74, 6) is 0. The molecule has 1 aliphatic rings. The first kappa shape index (κ1) is 13.8. The summed E-state index contributed by atoms with van der Waals surface area (Å²) < 4.78 is 5.27. The number of hydrogen-bond donors (Lipinski definition) is 1. The van der Waals surface area contributed by atoms with Crippen LogP contribution in [0.1, 0.15) is 12.0 Å². The number of morpholine rings is 1. The normalized spacial score (nSPS) is 15.5. The van der Waals surface area contributed by atoms with Crippen molar-refractivity contribution in [1.82, 2.24) is 0 Å². The van der Waals surface area contributed by atoms with Crippen LogP contribution < -0.4 is 10.6 Å². The number of aryl methyl sites for hydroxylation is 1. The summed E-state index contributed by atoms with van der Waals surface area (Å²) in [5.41, 5.74) is 7.29. The van der Waals surface area contributed by atoms with Crippen LogP contribution in [0.25, 0.3) is 0 Å². The molecule has 0 bridgehead atoms. The maximum Gasteiger partial charge on any atom is 0.292 e. The van der Waals surface area contributed by atoms with Gasteiger partial charge in [0.25, 0.3) is 5.69 Å². The van der Waals surface area contributed by atoms with Crippen molar-refractivity contribution in [3.63, 3.8) is 0 Å². The molecule has 0 radical (unpaired) electrons. The van der Waals surface area contributed by atoms with E-state index in [1.165, 1.54) is 0 Å². The highest BCUT2D eigenvalue weighted by Crippen LogP contribution is 2.30. The quantitative estimate of drug-likeness (QED) is 0.641. The molecule has 1 heterocycles. The Morgan fingerprint density at radius 3 is 2.74 bits per heavy atom. The van der Waals surface area contributed by atoms with Crippen LogP contribution in [-0.2, 0) is 11.2 Å². The van der Waals surface area contributed by atoms with Crippen LogP contribution in [0.3, 0.4) is 0 Å². The third-order valence-corrected chi connectivity index (χ3v) is 3.26. The van der Waals surface area contributed by atoms with E-state index in [9.17, 15) is 10.1 Å². The van der Waals surface area contributed by atoms with Crippen LogP contribution in [0.2, 0.25) is 0 Å². The number of anilines is 1. The Bertz CT molecular complexity index is 445. The number of nitro groups is 1. The first-order chi connectivity index (χ1) is 9.22. The molecule has 2 N–H and O–H groups in total. The number of hydrogen-bond acceptors (Lipinski definition) is 5. The topological polar surface area (TPSA) is 81.6 Å². The van der Waals surface area contributed by atoms with Crippen molar-refractivity contribution in [2.24, 2.45) is 5.73 Å².